The highest BCUT2D eigenvalue weighted by atomic mass is 35.5. The summed E-state index contributed by atoms with van der Waals surface area (Å²) in [4.78, 5) is 15.3. The van der Waals surface area contributed by atoms with Crippen molar-refractivity contribution in [1.29, 1.82) is 0 Å². The molecular formula is C20H22Cl2N2O2S. The Labute approximate surface area is 174 Å². The van der Waals surface area contributed by atoms with Crippen molar-refractivity contribution in [3.8, 4) is 5.75 Å². The lowest BCUT2D eigenvalue weighted by atomic mass is 10.2. The van der Waals surface area contributed by atoms with Gasteiger partial charge in [0.2, 0.25) is 0 Å². The number of para-hydroxylation sites is 2. The van der Waals surface area contributed by atoms with Gasteiger partial charge in [0.05, 0.1) is 19.3 Å². The van der Waals surface area contributed by atoms with Gasteiger partial charge in [-0.05, 0) is 24.6 Å². The Morgan fingerprint density at radius 2 is 1.93 bits per heavy atom. The maximum atomic E-state index is 12.6. The molecule has 1 unspecified atom stereocenters. The second-order valence-electron chi connectivity index (χ2n) is 6.57. The Hall–Kier alpha value is -1.56. The molecule has 0 spiro atoms. The summed E-state index contributed by atoms with van der Waals surface area (Å²) >= 11 is 13.9. The van der Waals surface area contributed by atoms with Gasteiger partial charge in [0, 0.05) is 29.2 Å². The van der Waals surface area contributed by atoms with Crippen molar-refractivity contribution < 1.29 is 9.53 Å². The quantitative estimate of drug-likeness (QED) is 0.461. The maximum absolute atomic E-state index is 12.6. The fraction of sp³-hybridized carbons (Fsp3) is 0.350. The van der Waals surface area contributed by atoms with Crippen LogP contribution in [0.5, 0.6) is 5.75 Å². The predicted molar refractivity (Wildman–Crippen MR) is 113 cm³/mol. The molecule has 4 nitrogen and oxygen atoms in total. The monoisotopic (exact) mass is 424 g/mol. The van der Waals surface area contributed by atoms with Crippen LogP contribution in [0.1, 0.15) is 12.0 Å². The topological polar surface area (TPSA) is 41.6 Å². The van der Waals surface area contributed by atoms with Gasteiger partial charge in [-0.1, -0.05) is 30.3 Å². The van der Waals surface area contributed by atoms with Crippen LogP contribution >= 0.6 is 35.0 Å². The summed E-state index contributed by atoms with van der Waals surface area (Å²) in [6.07, 6.45) is 0.819. The average Bonchev–Trinajstić information content (AvgIpc) is 3.28. The second-order valence-corrected chi connectivity index (χ2v) is 9.17. The van der Waals surface area contributed by atoms with Crippen LogP contribution in [0.2, 0.25) is 0 Å². The van der Waals surface area contributed by atoms with E-state index in [2.05, 4.69) is 5.32 Å². The molecule has 0 radical (unpaired) electrons. The van der Waals surface area contributed by atoms with E-state index >= 15 is 0 Å². The number of nitrogens with zero attached hydrogens (tertiary/aromatic N) is 1. The van der Waals surface area contributed by atoms with Crippen LogP contribution in [0.15, 0.2) is 53.4 Å². The minimum Gasteiger partial charge on any atom is -0.496 e. The van der Waals surface area contributed by atoms with Gasteiger partial charge in [-0.3, -0.25) is 0 Å². The third kappa shape index (κ3) is 5.24. The normalized spacial score (nSPS) is 17.3. The van der Waals surface area contributed by atoms with E-state index in [1.165, 1.54) is 0 Å². The molecule has 1 aliphatic carbocycles. The Kier molecular flexibility index (Phi) is 6.45. The summed E-state index contributed by atoms with van der Waals surface area (Å²) in [5.74, 6) is 1.89. The van der Waals surface area contributed by atoms with E-state index in [0.717, 1.165) is 34.1 Å². The van der Waals surface area contributed by atoms with Crippen molar-refractivity contribution in [2.24, 2.45) is 5.92 Å². The van der Waals surface area contributed by atoms with Crippen molar-refractivity contribution in [2.45, 2.75) is 22.2 Å². The lowest BCUT2D eigenvalue weighted by Crippen LogP contribution is -2.31. The molecule has 0 bridgehead atoms. The first-order valence-electron chi connectivity index (χ1n) is 8.64. The van der Waals surface area contributed by atoms with Gasteiger partial charge in [0.25, 0.3) is 0 Å². The molecule has 144 valence electrons. The van der Waals surface area contributed by atoms with Crippen molar-refractivity contribution >= 4 is 46.7 Å². The minimum absolute atomic E-state index is 0.176. The first-order chi connectivity index (χ1) is 12.9. The number of amides is 2. The number of carbonyl (C=O) groups is 1. The zero-order valence-electron chi connectivity index (χ0n) is 15.2. The number of ether oxygens (including phenoxy) is 1. The number of methoxy groups -OCH3 is 1. The maximum Gasteiger partial charge on any atom is 0.321 e. The van der Waals surface area contributed by atoms with Gasteiger partial charge in [-0.15, -0.1) is 35.0 Å². The van der Waals surface area contributed by atoms with Crippen LogP contribution in [0.3, 0.4) is 0 Å². The molecule has 2 amide bonds. The number of benzene rings is 2. The molecule has 1 N–H and O–H groups in total. The van der Waals surface area contributed by atoms with Crippen LogP contribution in [-0.4, -0.2) is 35.2 Å². The Morgan fingerprint density at radius 3 is 2.63 bits per heavy atom. The molecule has 1 saturated carbocycles. The second kappa shape index (κ2) is 8.63. The van der Waals surface area contributed by atoms with Gasteiger partial charge in [-0.25, -0.2) is 4.79 Å². The van der Waals surface area contributed by atoms with E-state index in [9.17, 15) is 4.79 Å². The Balaban J connectivity index is 1.61. The standard InChI is InChI=1S/C20H22Cl2N2O2S/c1-24(12-14-7-3-5-9-17(14)26-2)19(25)23-16-8-4-6-10-18(16)27-13-15-11-20(15,21)22/h3-10,15H,11-13H2,1-2H3,(H,23,25). The smallest absolute Gasteiger partial charge is 0.321 e. The largest absolute Gasteiger partial charge is 0.496 e. The summed E-state index contributed by atoms with van der Waals surface area (Å²) in [5.41, 5.74) is 1.74. The Morgan fingerprint density at radius 1 is 1.26 bits per heavy atom. The molecule has 1 fully saturated rings. The molecule has 0 aromatic heterocycles. The SMILES string of the molecule is COc1ccccc1CN(C)C(=O)Nc1ccccc1SCC1CC1(Cl)Cl. The number of hydrogen-bond acceptors (Lipinski definition) is 3. The summed E-state index contributed by atoms with van der Waals surface area (Å²) in [6.45, 7) is 0.453. The fourth-order valence-corrected chi connectivity index (χ4v) is 4.65. The van der Waals surface area contributed by atoms with Crippen LogP contribution in [0.25, 0.3) is 0 Å². The highest BCUT2D eigenvalue weighted by molar-refractivity contribution is 7.99. The minimum atomic E-state index is -0.583. The van der Waals surface area contributed by atoms with E-state index in [1.54, 1.807) is 30.8 Å². The lowest BCUT2D eigenvalue weighted by Gasteiger charge is -2.20. The van der Waals surface area contributed by atoms with Crippen molar-refractivity contribution in [2.75, 3.05) is 25.2 Å². The average molecular weight is 425 g/mol. The number of nitrogens with one attached hydrogen (secondary N) is 1. The van der Waals surface area contributed by atoms with Gasteiger partial charge in [0.1, 0.15) is 10.1 Å². The molecule has 27 heavy (non-hydrogen) atoms. The highest BCUT2D eigenvalue weighted by Crippen LogP contribution is 2.55. The van der Waals surface area contributed by atoms with Crippen LogP contribution in [0, 0.1) is 5.92 Å². The summed E-state index contributed by atoms with van der Waals surface area (Å²) < 4.78 is 4.77. The summed E-state index contributed by atoms with van der Waals surface area (Å²) in [5, 5.41) is 2.99. The van der Waals surface area contributed by atoms with Crippen LogP contribution < -0.4 is 10.1 Å². The van der Waals surface area contributed by atoms with Gasteiger partial charge in [0.15, 0.2) is 0 Å². The summed E-state index contributed by atoms with van der Waals surface area (Å²) in [7, 11) is 3.39. The van der Waals surface area contributed by atoms with E-state index in [0.29, 0.717) is 12.5 Å². The molecule has 3 rings (SSSR count). The molecule has 0 aliphatic heterocycles. The number of hydrogen-bond donors (Lipinski definition) is 1. The molecule has 2 aromatic carbocycles. The summed E-state index contributed by atoms with van der Waals surface area (Å²) in [6, 6.07) is 15.3. The third-order valence-corrected chi connectivity index (χ3v) is 6.63. The van der Waals surface area contributed by atoms with E-state index in [4.69, 9.17) is 27.9 Å². The number of alkyl halides is 2. The van der Waals surface area contributed by atoms with Gasteiger partial charge < -0.3 is 15.0 Å². The number of anilines is 1. The van der Waals surface area contributed by atoms with Gasteiger partial charge >= 0.3 is 6.03 Å². The van der Waals surface area contributed by atoms with E-state index in [-0.39, 0.29) is 6.03 Å². The number of thioether (sulfide) groups is 1. The zero-order valence-corrected chi connectivity index (χ0v) is 17.6. The molecule has 1 aliphatic rings. The van der Waals surface area contributed by atoms with E-state index < -0.39 is 4.33 Å². The van der Waals surface area contributed by atoms with Gasteiger partial charge in [-0.2, -0.15) is 0 Å². The van der Waals surface area contributed by atoms with Crippen molar-refractivity contribution in [1.82, 2.24) is 4.90 Å². The first-order valence-corrected chi connectivity index (χ1v) is 10.4. The highest BCUT2D eigenvalue weighted by Gasteiger charge is 2.51. The molecule has 7 heteroatoms. The zero-order chi connectivity index (χ0) is 19.4. The Bertz CT molecular complexity index is 816. The third-order valence-electron chi connectivity index (χ3n) is 4.47. The number of carbonyl (C=O) groups excluding carboxylic acids is 1. The number of rotatable bonds is 7. The lowest BCUT2D eigenvalue weighted by molar-refractivity contribution is 0.220. The predicted octanol–water partition coefficient (Wildman–Crippen LogP) is 5.65. The molecule has 2 aromatic rings. The molecule has 0 heterocycles. The molecular weight excluding hydrogens is 403 g/mol. The molecule has 0 saturated heterocycles. The van der Waals surface area contributed by atoms with E-state index in [1.807, 2.05) is 48.5 Å². The van der Waals surface area contributed by atoms with Crippen molar-refractivity contribution in [3.63, 3.8) is 0 Å². The fourth-order valence-electron chi connectivity index (χ4n) is 2.71. The number of urea groups is 1. The van der Waals surface area contributed by atoms with Crippen LogP contribution in [0.4, 0.5) is 10.5 Å². The van der Waals surface area contributed by atoms with Crippen molar-refractivity contribution in [3.05, 3.63) is 54.1 Å². The molecule has 1 atom stereocenters. The number of halogens is 2. The van der Waals surface area contributed by atoms with Crippen LogP contribution in [-0.2, 0) is 6.54 Å². The first kappa shape index (κ1) is 20.2.